The maximum absolute atomic E-state index is 6.01. The summed E-state index contributed by atoms with van der Waals surface area (Å²) in [5.74, 6) is 0. The summed E-state index contributed by atoms with van der Waals surface area (Å²) in [7, 11) is 4.00. The summed E-state index contributed by atoms with van der Waals surface area (Å²) in [6.45, 7) is 5.45. The summed E-state index contributed by atoms with van der Waals surface area (Å²) in [4.78, 5) is 4.74. The minimum absolute atomic E-state index is 0.0327. The summed E-state index contributed by atoms with van der Waals surface area (Å²) in [5.41, 5.74) is 6.22. The van der Waals surface area contributed by atoms with Gasteiger partial charge in [-0.05, 0) is 62.0 Å². The Hall–Kier alpha value is -3.06. The summed E-state index contributed by atoms with van der Waals surface area (Å²) < 4.78 is 11.8. The van der Waals surface area contributed by atoms with Crippen LogP contribution in [0.1, 0.15) is 51.0 Å². The fourth-order valence-electron chi connectivity index (χ4n) is 5.23. The number of benzene rings is 2. The van der Waals surface area contributed by atoms with Crippen LogP contribution in [0.5, 0.6) is 0 Å². The van der Waals surface area contributed by atoms with Crippen LogP contribution in [0.15, 0.2) is 90.2 Å². The highest BCUT2D eigenvalue weighted by atomic mass is 16.5. The zero-order valence-corrected chi connectivity index (χ0v) is 23.9. The zero-order chi connectivity index (χ0) is 27.3. The van der Waals surface area contributed by atoms with E-state index in [1.54, 1.807) is 0 Å². The molecule has 0 saturated heterocycles. The van der Waals surface area contributed by atoms with E-state index in [1.807, 2.05) is 13.2 Å². The minimum atomic E-state index is 0.0327. The molecular weight excluding hydrogens is 484 g/mol. The number of hydrogen-bond acceptors (Lipinski definition) is 6. The number of ether oxygens (including phenoxy) is 2. The van der Waals surface area contributed by atoms with Gasteiger partial charge in [0.25, 0.3) is 0 Å². The smallest absolute Gasteiger partial charge is 0.160 e. The van der Waals surface area contributed by atoms with Gasteiger partial charge in [-0.2, -0.15) is 0 Å². The van der Waals surface area contributed by atoms with E-state index in [4.69, 9.17) is 9.47 Å². The van der Waals surface area contributed by atoms with Crippen molar-refractivity contribution in [2.24, 2.45) is 0 Å². The molecule has 39 heavy (non-hydrogen) atoms. The highest BCUT2D eigenvalue weighted by Crippen LogP contribution is 2.39. The third-order valence-electron chi connectivity index (χ3n) is 7.38. The van der Waals surface area contributed by atoms with Crippen LogP contribution in [-0.2, 0) is 16.1 Å². The predicted octanol–water partition coefficient (Wildman–Crippen LogP) is 6.34. The van der Waals surface area contributed by atoms with Crippen molar-refractivity contribution in [2.75, 3.05) is 43.7 Å². The molecule has 0 spiro atoms. The second-order valence-corrected chi connectivity index (χ2v) is 10.3. The zero-order valence-electron chi connectivity index (χ0n) is 23.9. The van der Waals surface area contributed by atoms with Crippen LogP contribution < -0.4 is 20.4 Å². The summed E-state index contributed by atoms with van der Waals surface area (Å²) in [6.07, 6.45) is 15.3. The van der Waals surface area contributed by atoms with Crippen molar-refractivity contribution in [3.8, 4) is 0 Å². The number of unbranched alkanes of at least 4 members (excludes halogenated alkanes) is 2. The molecule has 2 aromatic rings. The third-order valence-corrected chi connectivity index (χ3v) is 7.38. The lowest BCUT2D eigenvalue weighted by Crippen LogP contribution is -2.56. The highest BCUT2D eigenvalue weighted by molar-refractivity contribution is 5.77. The van der Waals surface area contributed by atoms with Gasteiger partial charge in [-0.25, -0.2) is 0 Å². The predicted molar refractivity (Wildman–Crippen MR) is 163 cm³/mol. The number of hydrogen-bond donors (Lipinski definition) is 2. The van der Waals surface area contributed by atoms with E-state index in [2.05, 4.69) is 107 Å². The van der Waals surface area contributed by atoms with Crippen molar-refractivity contribution in [3.05, 3.63) is 95.7 Å². The van der Waals surface area contributed by atoms with Gasteiger partial charge in [0, 0.05) is 39.6 Å². The van der Waals surface area contributed by atoms with Crippen molar-refractivity contribution in [2.45, 2.75) is 64.6 Å². The lowest BCUT2D eigenvalue weighted by atomic mass is 10.1. The monoisotopic (exact) mass is 530 g/mol. The van der Waals surface area contributed by atoms with Gasteiger partial charge in [-0.15, -0.1) is 0 Å². The number of fused-ring (bicyclic) bond motifs is 1. The van der Waals surface area contributed by atoms with Crippen molar-refractivity contribution < 1.29 is 9.47 Å². The Kier molecular flexibility index (Phi) is 11.5. The maximum atomic E-state index is 6.01. The summed E-state index contributed by atoms with van der Waals surface area (Å²) in [5, 5.41) is 7.46. The SMILES string of the molecule is CCCC[C@@H](OC)N1c2ccccc2N(C)C1NCC1=CC(NCCCCOCc2ccccc2)=CC=CC1. The Morgan fingerprint density at radius 2 is 1.79 bits per heavy atom. The van der Waals surface area contributed by atoms with Gasteiger partial charge >= 0.3 is 0 Å². The van der Waals surface area contributed by atoms with Crippen LogP contribution in [0.25, 0.3) is 0 Å². The van der Waals surface area contributed by atoms with Crippen LogP contribution in [0.3, 0.4) is 0 Å². The summed E-state index contributed by atoms with van der Waals surface area (Å²) in [6, 6.07) is 19.0. The Bertz CT molecular complexity index is 1100. The van der Waals surface area contributed by atoms with Crippen molar-refractivity contribution in [1.82, 2.24) is 10.6 Å². The molecule has 0 amide bonds. The Labute approximate surface area is 235 Å². The number of anilines is 2. The van der Waals surface area contributed by atoms with Crippen molar-refractivity contribution in [3.63, 3.8) is 0 Å². The van der Waals surface area contributed by atoms with E-state index in [0.29, 0.717) is 6.61 Å². The molecule has 2 aromatic carbocycles. The molecule has 0 fully saturated rings. The fraction of sp³-hybridized carbons (Fsp3) is 0.455. The Morgan fingerprint density at radius 3 is 2.59 bits per heavy atom. The van der Waals surface area contributed by atoms with Crippen molar-refractivity contribution in [1.29, 1.82) is 0 Å². The number of para-hydroxylation sites is 2. The topological polar surface area (TPSA) is 49.0 Å². The van der Waals surface area contributed by atoms with E-state index < -0.39 is 0 Å². The number of nitrogens with zero attached hydrogens (tertiary/aromatic N) is 2. The lowest BCUT2D eigenvalue weighted by molar-refractivity contribution is 0.0814. The summed E-state index contributed by atoms with van der Waals surface area (Å²) >= 11 is 0. The number of methoxy groups -OCH3 is 1. The van der Waals surface area contributed by atoms with Gasteiger partial charge in [0.15, 0.2) is 6.29 Å². The second kappa shape index (κ2) is 15.5. The first-order valence-electron chi connectivity index (χ1n) is 14.5. The van der Waals surface area contributed by atoms with Crippen LogP contribution in [0, 0.1) is 0 Å². The number of rotatable bonds is 16. The minimum Gasteiger partial charge on any atom is -0.385 e. The standard InChI is InChI=1S/C33H46N4O2/c1-4-5-21-32(38-3)37-31-20-12-11-19-30(31)36(2)33(37)35-25-28-17-9-10-18-29(24-28)34-22-13-14-23-39-26-27-15-7-6-8-16-27/h6-12,15-16,18-20,24,32-35H,4-5,13-14,17,21-23,25-26H2,1-3H3/t32-,33?/m1/s1. The largest absolute Gasteiger partial charge is 0.385 e. The molecule has 1 unspecified atom stereocenters. The first-order valence-corrected chi connectivity index (χ1v) is 14.5. The molecule has 6 heteroatoms. The Balaban J connectivity index is 1.28. The molecule has 2 aliphatic rings. The molecule has 0 saturated carbocycles. The molecule has 0 bridgehead atoms. The molecular formula is C33H46N4O2. The van der Waals surface area contributed by atoms with Gasteiger partial charge in [0.05, 0.1) is 18.0 Å². The molecule has 0 aromatic heterocycles. The average molecular weight is 531 g/mol. The highest BCUT2D eigenvalue weighted by Gasteiger charge is 2.37. The first kappa shape index (κ1) is 28.9. The van der Waals surface area contributed by atoms with Gasteiger partial charge < -0.3 is 24.6 Å². The molecule has 210 valence electrons. The first-order chi connectivity index (χ1) is 19.2. The normalized spacial score (nSPS) is 17.5. The average Bonchev–Trinajstić information content (AvgIpc) is 3.09. The number of nitrogens with one attached hydrogen (secondary N) is 2. The van der Waals surface area contributed by atoms with Gasteiger partial charge in [-0.1, -0.05) is 73.5 Å². The van der Waals surface area contributed by atoms with E-state index >= 15 is 0 Å². The van der Waals surface area contributed by atoms with Crippen LogP contribution in [-0.4, -0.2) is 46.4 Å². The van der Waals surface area contributed by atoms with Crippen LogP contribution >= 0.6 is 0 Å². The molecule has 1 heterocycles. The molecule has 0 radical (unpaired) electrons. The molecule has 2 atom stereocenters. The van der Waals surface area contributed by atoms with E-state index in [1.165, 1.54) is 28.2 Å². The lowest BCUT2D eigenvalue weighted by Gasteiger charge is -2.37. The van der Waals surface area contributed by atoms with Crippen LogP contribution in [0.2, 0.25) is 0 Å². The van der Waals surface area contributed by atoms with Gasteiger partial charge in [0.2, 0.25) is 0 Å². The second-order valence-electron chi connectivity index (χ2n) is 10.3. The van der Waals surface area contributed by atoms with Gasteiger partial charge in [0.1, 0.15) is 6.23 Å². The van der Waals surface area contributed by atoms with Crippen LogP contribution in [0.4, 0.5) is 11.4 Å². The molecule has 1 aliphatic heterocycles. The number of allylic oxidation sites excluding steroid dienone is 4. The molecule has 4 rings (SSSR count). The maximum Gasteiger partial charge on any atom is 0.160 e. The van der Waals surface area contributed by atoms with E-state index in [0.717, 1.165) is 58.2 Å². The molecule has 2 N–H and O–H groups in total. The van der Waals surface area contributed by atoms with E-state index in [9.17, 15) is 0 Å². The third kappa shape index (κ3) is 8.21. The van der Waals surface area contributed by atoms with Gasteiger partial charge in [-0.3, -0.25) is 5.32 Å². The van der Waals surface area contributed by atoms with E-state index in [-0.39, 0.29) is 12.5 Å². The molecule has 6 nitrogen and oxygen atoms in total. The quantitative estimate of drug-likeness (QED) is 0.247. The molecule has 1 aliphatic carbocycles. The fourth-order valence-corrected chi connectivity index (χ4v) is 5.23. The Morgan fingerprint density at radius 1 is 1.00 bits per heavy atom. The van der Waals surface area contributed by atoms with Crippen molar-refractivity contribution >= 4 is 11.4 Å².